The predicted molar refractivity (Wildman–Crippen MR) is 89.2 cm³/mol. The van der Waals surface area contributed by atoms with Crippen LogP contribution in [0, 0.1) is 6.92 Å². The summed E-state index contributed by atoms with van der Waals surface area (Å²) in [6, 6.07) is 6.04. The zero-order chi connectivity index (χ0) is 16.4. The lowest BCUT2D eigenvalue weighted by Crippen LogP contribution is -2.34. The smallest absolute Gasteiger partial charge is 0.188 e. The number of hydrogen-bond acceptors (Lipinski definition) is 7. The molecular weight excluding hydrogens is 332 g/mol. The van der Waals surface area contributed by atoms with E-state index in [0.717, 1.165) is 55.4 Å². The van der Waals surface area contributed by atoms with E-state index in [9.17, 15) is 8.42 Å². The van der Waals surface area contributed by atoms with Crippen molar-refractivity contribution >= 4 is 21.4 Å². The highest BCUT2D eigenvalue weighted by molar-refractivity contribution is 7.92. The van der Waals surface area contributed by atoms with Crippen LogP contribution < -0.4 is 0 Å². The summed E-state index contributed by atoms with van der Waals surface area (Å²) in [4.78, 5) is 6.87. The number of likely N-dealkylation sites (tertiary alicyclic amines) is 1. The molecule has 0 spiro atoms. The Balaban J connectivity index is 1.75. The molecule has 0 amide bonds. The molecule has 8 heteroatoms. The van der Waals surface area contributed by atoms with Crippen molar-refractivity contribution in [3.63, 3.8) is 0 Å². The first-order valence-corrected chi connectivity index (χ1v) is 10.3. The minimum absolute atomic E-state index is 0.122. The van der Waals surface area contributed by atoms with Crippen LogP contribution in [0.15, 0.2) is 22.4 Å². The molecular formula is C15H20N4O2S2. The summed E-state index contributed by atoms with van der Waals surface area (Å²) in [6.45, 7) is 4.56. The summed E-state index contributed by atoms with van der Waals surface area (Å²) >= 11 is 0.977. The number of nitrogens with zero attached hydrogens (tertiary/aromatic N) is 4. The van der Waals surface area contributed by atoms with Gasteiger partial charge in [0.25, 0.3) is 0 Å². The molecule has 1 aliphatic rings. The van der Waals surface area contributed by atoms with Crippen molar-refractivity contribution in [2.45, 2.75) is 36.4 Å². The fraction of sp³-hybridized carbons (Fsp3) is 0.533. The van der Waals surface area contributed by atoms with Crippen LogP contribution in [0.1, 0.15) is 35.8 Å². The van der Waals surface area contributed by atoms with Gasteiger partial charge in [0.1, 0.15) is 0 Å². The van der Waals surface area contributed by atoms with E-state index >= 15 is 0 Å². The molecule has 0 bridgehead atoms. The Labute approximate surface area is 140 Å². The number of rotatable bonds is 4. The Morgan fingerprint density at radius 3 is 2.96 bits per heavy atom. The molecule has 0 saturated carbocycles. The van der Waals surface area contributed by atoms with Crippen LogP contribution in [0.3, 0.4) is 0 Å². The van der Waals surface area contributed by atoms with Crippen molar-refractivity contribution in [1.29, 1.82) is 0 Å². The third-order valence-electron chi connectivity index (χ3n) is 4.04. The van der Waals surface area contributed by atoms with Gasteiger partial charge < -0.3 is 0 Å². The molecule has 1 atom stereocenters. The fourth-order valence-electron chi connectivity index (χ4n) is 3.03. The van der Waals surface area contributed by atoms with Gasteiger partial charge in [-0.25, -0.2) is 8.42 Å². The third kappa shape index (κ3) is 3.94. The quantitative estimate of drug-likeness (QED) is 0.838. The molecule has 1 saturated heterocycles. The van der Waals surface area contributed by atoms with Crippen LogP contribution in [-0.4, -0.2) is 47.2 Å². The van der Waals surface area contributed by atoms with E-state index in [1.54, 1.807) is 0 Å². The first-order valence-electron chi connectivity index (χ1n) is 7.60. The van der Waals surface area contributed by atoms with Gasteiger partial charge in [0.05, 0.1) is 11.4 Å². The van der Waals surface area contributed by atoms with Gasteiger partial charge in [0, 0.05) is 42.5 Å². The maximum atomic E-state index is 11.9. The lowest BCUT2D eigenvalue weighted by Gasteiger charge is -2.31. The third-order valence-corrected chi connectivity index (χ3v) is 6.59. The van der Waals surface area contributed by atoms with Gasteiger partial charge in [-0.2, -0.15) is 0 Å². The first-order chi connectivity index (χ1) is 10.9. The van der Waals surface area contributed by atoms with E-state index in [2.05, 4.69) is 19.5 Å². The molecule has 6 nitrogen and oxygen atoms in total. The second-order valence-corrected chi connectivity index (χ2v) is 9.03. The first kappa shape index (κ1) is 16.5. The van der Waals surface area contributed by atoms with Gasteiger partial charge in [0.15, 0.2) is 14.0 Å². The van der Waals surface area contributed by atoms with E-state index in [0.29, 0.717) is 9.90 Å². The van der Waals surface area contributed by atoms with Crippen LogP contribution in [0.4, 0.5) is 0 Å². The van der Waals surface area contributed by atoms with Crippen molar-refractivity contribution in [3.05, 3.63) is 35.3 Å². The van der Waals surface area contributed by atoms with Gasteiger partial charge in [0.2, 0.25) is 0 Å². The molecule has 3 heterocycles. The van der Waals surface area contributed by atoms with Crippen molar-refractivity contribution in [2.24, 2.45) is 0 Å². The lowest BCUT2D eigenvalue weighted by molar-refractivity contribution is 0.195. The molecule has 1 fully saturated rings. The molecule has 1 aliphatic heterocycles. The monoisotopic (exact) mass is 352 g/mol. The Kier molecular flexibility index (Phi) is 4.74. The predicted octanol–water partition coefficient (Wildman–Crippen LogP) is 2.02. The molecule has 1 unspecified atom stereocenters. The van der Waals surface area contributed by atoms with E-state index < -0.39 is 9.84 Å². The summed E-state index contributed by atoms with van der Waals surface area (Å²) in [5, 5.41) is 4.11. The number of pyridine rings is 1. The molecule has 124 valence electrons. The summed E-state index contributed by atoms with van der Waals surface area (Å²) in [6.07, 6.45) is 3.20. The molecule has 23 heavy (non-hydrogen) atoms. The SMILES string of the molecule is Cc1cccc(CN2CCCC(c3nnsc3S(C)(=O)=O)C2)n1. The molecule has 2 aromatic heterocycles. The van der Waals surface area contributed by atoms with Crippen LogP contribution in [-0.2, 0) is 16.4 Å². The summed E-state index contributed by atoms with van der Waals surface area (Å²) in [5.41, 5.74) is 2.70. The summed E-state index contributed by atoms with van der Waals surface area (Å²) < 4.78 is 27.9. The van der Waals surface area contributed by atoms with E-state index in [-0.39, 0.29) is 5.92 Å². The van der Waals surface area contributed by atoms with Crippen LogP contribution in [0.2, 0.25) is 0 Å². The van der Waals surface area contributed by atoms with Crippen LogP contribution in [0.5, 0.6) is 0 Å². The van der Waals surface area contributed by atoms with Crippen molar-refractivity contribution < 1.29 is 8.42 Å². The van der Waals surface area contributed by atoms with Gasteiger partial charge >= 0.3 is 0 Å². The lowest BCUT2D eigenvalue weighted by atomic mass is 9.95. The zero-order valence-electron chi connectivity index (χ0n) is 13.3. The molecule has 0 aliphatic carbocycles. The fourth-order valence-corrected chi connectivity index (χ4v) is 4.77. The number of piperidine rings is 1. The minimum Gasteiger partial charge on any atom is -0.297 e. The molecule has 0 aromatic carbocycles. The van der Waals surface area contributed by atoms with Crippen molar-refractivity contribution in [1.82, 2.24) is 19.5 Å². The molecule has 0 radical (unpaired) electrons. The maximum absolute atomic E-state index is 11.9. The second-order valence-electron chi connectivity index (χ2n) is 6.06. The highest BCUT2D eigenvalue weighted by Gasteiger charge is 2.29. The highest BCUT2D eigenvalue weighted by atomic mass is 32.2. The Morgan fingerprint density at radius 2 is 2.22 bits per heavy atom. The largest absolute Gasteiger partial charge is 0.297 e. The summed E-state index contributed by atoms with van der Waals surface area (Å²) in [5.74, 6) is 0.122. The van der Waals surface area contributed by atoms with Crippen molar-refractivity contribution in [2.75, 3.05) is 19.3 Å². The van der Waals surface area contributed by atoms with Gasteiger partial charge in [-0.15, -0.1) is 5.10 Å². The molecule has 0 N–H and O–H groups in total. The second kappa shape index (κ2) is 6.62. The topological polar surface area (TPSA) is 76.1 Å². The standard InChI is InChI=1S/C15H20N4O2S2/c1-11-5-3-7-13(16-11)10-19-8-4-6-12(9-19)14-15(22-18-17-14)23(2,20)21/h3,5,7,12H,4,6,8-10H2,1-2H3. The minimum atomic E-state index is -3.26. The molecule has 2 aromatic rings. The number of sulfone groups is 1. The normalized spacial score (nSPS) is 19.8. The average molecular weight is 352 g/mol. The zero-order valence-corrected chi connectivity index (χ0v) is 14.9. The van der Waals surface area contributed by atoms with E-state index in [4.69, 9.17) is 0 Å². The van der Waals surface area contributed by atoms with E-state index in [1.165, 1.54) is 6.26 Å². The Hall–Kier alpha value is -1.38. The van der Waals surface area contributed by atoms with Crippen LogP contribution >= 0.6 is 11.5 Å². The van der Waals surface area contributed by atoms with Gasteiger partial charge in [-0.1, -0.05) is 10.6 Å². The number of aromatic nitrogens is 3. The maximum Gasteiger partial charge on any atom is 0.188 e. The molecule has 3 rings (SSSR count). The number of aryl methyl sites for hydroxylation is 1. The van der Waals surface area contributed by atoms with Gasteiger partial charge in [-0.05, 0) is 38.4 Å². The van der Waals surface area contributed by atoms with Crippen LogP contribution in [0.25, 0.3) is 0 Å². The van der Waals surface area contributed by atoms with Crippen molar-refractivity contribution in [3.8, 4) is 0 Å². The Morgan fingerprint density at radius 1 is 1.39 bits per heavy atom. The average Bonchev–Trinajstić information content (AvgIpc) is 2.97. The van der Waals surface area contributed by atoms with E-state index in [1.807, 2.05) is 25.1 Å². The highest BCUT2D eigenvalue weighted by Crippen LogP contribution is 2.32. The number of hydrogen-bond donors (Lipinski definition) is 0. The summed E-state index contributed by atoms with van der Waals surface area (Å²) in [7, 11) is -3.26. The van der Waals surface area contributed by atoms with Gasteiger partial charge in [-0.3, -0.25) is 9.88 Å². The Bertz CT molecular complexity index is 788.